The van der Waals surface area contributed by atoms with Crippen LogP contribution >= 0.6 is 11.6 Å². The Morgan fingerprint density at radius 1 is 1.19 bits per heavy atom. The average Bonchev–Trinajstić information content (AvgIpc) is 3.32. The highest BCUT2D eigenvalue weighted by atomic mass is 35.5. The minimum atomic E-state index is -3.71. The predicted molar refractivity (Wildman–Crippen MR) is 94.8 cm³/mol. The van der Waals surface area contributed by atoms with Crippen LogP contribution < -0.4 is 0 Å². The number of sulfonamides is 1. The highest BCUT2D eigenvalue weighted by Crippen LogP contribution is 2.37. The van der Waals surface area contributed by atoms with Gasteiger partial charge in [0.1, 0.15) is 6.04 Å². The second kappa shape index (κ2) is 6.79. The van der Waals surface area contributed by atoms with Gasteiger partial charge in [-0.2, -0.15) is 4.31 Å². The minimum Gasteiger partial charge on any atom is -0.419 e. The van der Waals surface area contributed by atoms with Gasteiger partial charge < -0.3 is 4.42 Å². The van der Waals surface area contributed by atoms with Crippen molar-refractivity contribution in [3.8, 4) is 11.5 Å². The highest BCUT2D eigenvalue weighted by Gasteiger charge is 2.39. The van der Waals surface area contributed by atoms with Gasteiger partial charge in [0.15, 0.2) is 0 Å². The lowest BCUT2D eigenvalue weighted by atomic mass is 10.2. The summed E-state index contributed by atoms with van der Waals surface area (Å²) in [5.41, 5.74) is 0.688. The first kappa shape index (κ1) is 17.1. The molecule has 26 heavy (non-hydrogen) atoms. The van der Waals surface area contributed by atoms with Gasteiger partial charge in [-0.3, -0.25) is 4.98 Å². The molecule has 134 valence electrons. The predicted octanol–water partition coefficient (Wildman–Crippen LogP) is 3.31. The summed E-state index contributed by atoms with van der Waals surface area (Å²) in [6, 6.07) is 9.32. The molecule has 3 aromatic rings. The van der Waals surface area contributed by atoms with Gasteiger partial charge in [-0.05, 0) is 43.2 Å². The van der Waals surface area contributed by atoms with E-state index in [9.17, 15) is 8.42 Å². The van der Waals surface area contributed by atoms with E-state index in [4.69, 9.17) is 16.0 Å². The van der Waals surface area contributed by atoms with Crippen molar-refractivity contribution in [3.05, 3.63) is 59.7 Å². The molecule has 9 heteroatoms. The van der Waals surface area contributed by atoms with Crippen molar-refractivity contribution in [2.75, 3.05) is 6.54 Å². The maximum absolute atomic E-state index is 13.0. The van der Waals surface area contributed by atoms with Crippen molar-refractivity contribution in [2.45, 2.75) is 23.8 Å². The first-order chi connectivity index (χ1) is 12.6. The Hall–Kier alpha value is -2.29. The molecule has 2 aromatic heterocycles. The van der Waals surface area contributed by atoms with E-state index in [2.05, 4.69) is 15.2 Å². The SMILES string of the molecule is O=S(=O)(c1cccc(Cl)c1)N1CCC[C@@H]1c1nnc(-c2cccnc2)o1. The number of halogens is 1. The summed E-state index contributed by atoms with van der Waals surface area (Å²) < 4.78 is 33.2. The van der Waals surface area contributed by atoms with Crippen LogP contribution in [0.2, 0.25) is 5.02 Å². The molecule has 0 aliphatic carbocycles. The minimum absolute atomic E-state index is 0.156. The Balaban J connectivity index is 1.66. The van der Waals surface area contributed by atoms with Crippen LogP contribution in [0.5, 0.6) is 0 Å². The smallest absolute Gasteiger partial charge is 0.249 e. The molecule has 4 rings (SSSR count). The number of hydrogen-bond donors (Lipinski definition) is 0. The number of nitrogens with zero attached hydrogens (tertiary/aromatic N) is 4. The lowest BCUT2D eigenvalue weighted by molar-refractivity contribution is 0.332. The van der Waals surface area contributed by atoms with Gasteiger partial charge in [0.25, 0.3) is 0 Å². The van der Waals surface area contributed by atoms with Crippen LogP contribution in [0.25, 0.3) is 11.5 Å². The molecule has 7 nitrogen and oxygen atoms in total. The van der Waals surface area contributed by atoms with Gasteiger partial charge in [-0.25, -0.2) is 8.42 Å². The van der Waals surface area contributed by atoms with Crippen LogP contribution in [0.1, 0.15) is 24.8 Å². The van der Waals surface area contributed by atoms with Gasteiger partial charge in [-0.15, -0.1) is 10.2 Å². The molecular weight excluding hydrogens is 376 g/mol. The summed E-state index contributed by atoms with van der Waals surface area (Å²) in [5, 5.41) is 8.48. The normalized spacial score (nSPS) is 18.3. The zero-order valence-electron chi connectivity index (χ0n) is 13.6. The molecule has 0 amide bonds. The number of hydrogen-bond acceptors (Lipinski definition) is 6. The van der Waals surface area contributed by atoms with Gasteiger partial charge in [0, 0.05) is 24.0 Å². The number of benzene rings is 1. The van der Waals surface area contributed by atoms with Crippen LogP contribution in [0.3, 0.4) is 0 Å². The molecule has 1 saturated heterocycles. The molecule has 1 aliphatic rings. The molecule has 1 atom stereocenters. The Bertz CT molecular complexity index is 1020. The maximum atomic E-state index is 13.0. The monoisotopic (exact) mass is 390 g/mol. The molecular formula is C17H15ClN4O3S. The highest BCUT2D eigenvalue weighted by molar-refractivity contribution is 7.89. The van der Waals surface area contributed by atoms with Gasteiger partial charge in [0.05, 0.1) is 10.5 Å². The Morgan fingerprint density at radius 3 is 2.85 bits per heavy atom. The third kappa shape index (κ3) is 3.11. The third-order valence-electron chi connectivity index (χ3n) is 4.24. The topological polar surface area (TPSA) is 89.2 Å². The van der Waals surface area contributed by atoms with Crippen LogP contribution in [0.4, 0.5) is 0 Å². The summed E-state index contributed by atoms with van der Waals surface area (Å²) in [5.74, 6) is 0.604. The molecule has 0 unspecified atom stereocenters. The van der Waals surface area contributed by atoms with Crippen molar-refractivity contribution in [2.24, 2.45) is 0 Å². The van der Waals surface area contributed by atoms with Crippen molar-refractivity contribution >= 4 is 21.6 Å². The zero-order valence-corrected chi connectivity index (χ0v) is 15.2. The molecule has 1 fully saturated rings. The van der Waals surface area contributed by atoms with E-state index >= 15 is 0 Å². The standard InChI is InChI=1S/C17H15ClN4O3S/c18-13-5-1-6-14(10-13)26(23,24)22-9-3-7-15(22)17-21-20-16(25-17)12-4-2-8-19-11-12/h1-2,4-6,8,10-11,15H,3,7,9H2/t15-/m1/s1. The fourth-order valence-electron chi connectivity index (χ4n) is 3.01. The van der Waals surface area contributed by atoms with Crippen LogP contribution in [0, 0.1) is 0 Å². The van der Waals surface area contributed by atoms with E-state index in [1.807, 2.05) is 0 Å². The number of aromatic nitrogens is 3. The molecule has 0 bridgehead atoms. The molecule has 1 aliphatic heterocycles. The lowest BCUT2D eigenvalue weighted by Gasteiger charge is -2.21. The summed E-state index contributed by atoms with van der Waals surface area (Å²) in [7, 11) is -3.71. The number of rotatable bonds is 4. The van der Waals surface area contributed by atoms with E-state index in [1.165, 1.54) is 16.4 Å². The summed E-state index contributed by atoms with van der Waals surface area (Å²) >= 11 is 5.95. The van der Waals surface area contributed by atoms with Crippen LogP contribution in [0.15, 0.2) is 58.1 Å². The molecule has 0 N–H and O–H groups in total. The van der Waals surface area contributed by atoms with Crippen molar-refractivity contribution in [1.29, 1.82) is 0 Å². The van der Waals surface area contributed by atoms with Gasteiger partial charge >= 0.3 is 0 Å². The van der Waals surface area contributed by atoms with E-state index in [0.717, 1.165) is 6.42 Å². The van der Waals surface area contributed by atoms with Crippen molar-refractivity contribution < 1.29 is 12.8 Å². The maximum Gasteiger partial charge on any atom is 0.249 e. The Labute approximate surface area is 155 Å². The van der Waals surface area contributed by atoms with Gasteiger partial charge in [0.2, 0.25) is 21.8 Å². The lowest BCUT2D eigenvalue weighted by Crippen LogP contribution is -2.30. The first-order valence-corrected chi connectivity index (χ1v) is 9.89. The van der Waals surface area contributed by atoms with Crippen LogP contribution in [-0.2, 0) is 10.0 Å². The molecule has 0 radical (unpaired) electrons. The fraction of sp³-hybridized carbons (Fsp3) is 0.235. The third-order valence-corrected chi connectivity index (χ3v) is 6.38. The molecule has 0 spiro atoms. The fourth-order valence-corrected chi connectivity index (χ4v) is 4.96. The molecule has 1 aromatic carbocycles. The average molecular weight is 391 g/mol. The number of pyridine rings is 1. The largest absolute Gasteiger partial charge is 0.419 e. The molecule has 3 heterocycles. The van der Waals surface area contributed by atoms with E-state index in [1.54, 1.807) is 36.7 Å². The Kier molecular flexibility index (Phi) is 4.47. The summed E-state index contributed by atoms with van der Waals surface area (Å²) in [6.45, 7) is 0.393. The van der Waals surface area contributed by atoms with E-state index in [0.29, 0.717) is 29.4 Å². The Morgan fingerprint density at radius 2 is 2.08 bits per heavy atom. The second-order valence-electron chi connectivity index (χ2n) is 5.92. The summed E-state index contributed by atoms with van der Waals surface area (Å²) in [4.78, 5) is 4.18. The van der Waals surface area contributed by atoms with Crippen molar-refractivity contribution in [1.82, 2.24) is 19.5 Å². The van der Waals surface area contributed by atoms with Crippen molar-refractivity contribution in [3.63, 3.8) is 0 Å². The second-order valence-corrected chi connectivity index (χ2v) is 8.25. The summed E-state index contributed by atoms with van der Waals surface area (Å²) in [6.07, 6.45) is 4.60. The zero-order chi connectivity index (χ0) is 18.1. The quantitative estimate of drug-likeness (QED) is 0.678. The molecule has 0 saturated carbocycles. The van der Waals surface area contributed by atoms with Crippen LogP contribution in [-0.4, -0.2) is 34.4 Å². The van der Waals surface area contributed by atoms with Gasteiger partial charge in [-0.1, -0.05) is 17.7 Å². The first-order valence-electron chi connectivity index (χ1n) is 8.07. The van der Waals surface area contributed by atoms with E-state index in [-0.39, 0.29) is 10.8 Å². The van der Waals surface area contributed by atoms with E-state index < -0.39 is 16.1 Å².